The molecule has 0 saturated heterocycles. The minimum absolute atomic E-state index is 0.114. The number of carbonyl (C=O) groups excluding carboxylic acids is 1. The third-order valence-corrected chi connectivity index (χ3v) is 4.32. The van der Waals surface area contributed by atoms with Crippen LogP contribution >= 0.6 is 11.6 Å². The predicted octanol–water partition coefficient (Wildman–Crippen LogP) is 4.88. The van der Waals surface area contributed by atoms with Gasteiger partial charge in [-0.3, -0.25) is 0 Å². The van der Waals surface area contributed by atoms with E-state index in [0.717, 1.165) is 22.6 Å². The molecule has 0 aliphatic rings. The third-order valence-electron chi connectivity index (χ3n) is 3.95. The Bertz CT molecular complexity index is 900. The van der Waals surface area contributed by atoms with Gasteiger partial charge in [-0.05, 0) is 38.1 Å². The fraction of sp³-hybridized carbons (Fsp3) is 0.200. The molecule has 0 N–H and O–H groups in total. The van der Waals surface area contributed by atoms with Crippen LogP contribution in [0.5, 0.6) is 5.75 Å². The Balaban J connectivity index is 1.63. The monoisotopic (exact) mass is 371 g/mol. The SMILES string of the molecule is Cc1noc(C)c1COc1cccc(C(=O)OCc2ccccc2Cl)c1. The molecule has 0 fully saturated rings. The Morgan fingerprint density at radius 2 is 1.92 bits per heavy atom. The largest absolute Gasteiger partial charge is 0.489 e. The molecule has 134 valence electrons. The number of hydrogen-bond donors (Lipinski definition) is 0. The zero-order valence-electron chi connectivity index (χ0n) is 14.5. The summed E-state index contributed by atoms with van der Waals surface area (Å²) < 4.78 is 16.2. The van der Waals surface area contributed by atoms with Gasteiger partial charge >= 0.3 is 5.97 Å². The van der Waals surface area contributed by atoms with Crippen LogP contribution in [0.1, 0.15) is 32.9 Å². The Morgan fingerprint density at radius 1 is 1.12 bits per heavy atom. The second-order valence-corrected chi connectivity index (χ2v) is 6.19. The van der Waals surface area contributed by atoms with Gasteiger partial charge in [-0.15, -0.1) is 0 Å². The van der Waals surface area contributed by atoms with Crippen LogP contribution in [-0.4, -0.2) is 11.1 Å². The highest BCUT2D eigenvalue weighted by molar-refractivity contribution is 6.31. The van der Waals surface area contributed by atoms with E-state index in [2.05, 4.69) is 5.16 Å². The molecule has 0 aliphatic heterocycles. The first-order valence-electron chi connectivity index (χ1n) is 8.09. The number of aryl methyl sites for hydroxylation is 2. The maximum Gasteiger partial charge on any atom is 0.338 e. The zero-order valence-corrected chi connectivity index (χ0v) is 15.2. The fourth-order valence-electron chi connectivity index (χ4n) is 2.42. The molecule has 3 aromatic rings. The average molecular weight is 372 g/mol. The Kier molecular flexibility index (Phi) is 5.58. The van der Waals surface area contributed by atoms with E-state index in [1.54, 1.807) is 30.3 Å². The summed E-state index contributed by atoms with van der Waals surface area (Å²) in [6.45, 7) is 4.13. The van der Waals surface area contributed by atoms with Gasteiger partial charge in [-0.1, -0.05) is 41.0 Å². The van der Waals surface area contributed by atoms with Crippen molar-refractivity contribution in [2.24, 2.45) is 0 Å². The number of aromatic nitrogens is 1. The van der Waals surface area contributed by atoms with Gasteiger partial charge < -0.3 is 14.0 Å². The number of carbonyl (C=O) groups is 1. The lowest BCUT2D eigenvalue weighted by Gasteiger charge is -2.09. The Hall–Kier alpha value is -2.79. The van der Waals surface area contributed by atoms with E-state index in [4.69, 9.17) is 25.6 Å². The first-order valence-corrected chi connectivity index (χ1v) is 8.47. The summed E-state index contributed by atoms with van der Waals surface area (Å²) in [5.41, 5.74) is 2.86. The molecule has 2 aromatic carbocycles. The normalized spacial score (nSPS) is 10.6. The van der Waals surface area contributed by atoms with E-state index in [-0.39, 0.29) is 6.61 Å². The summed E-state index contributed by atoms with van der Waals surface area (Å²) in [7, 11) is 0. The first-order chi connectivity index (χ1) is 12.5. The van der Waals surface area contributed by atoms with Crippen LogP contribution in [0.3, 0.4) is 0 Å². The number of hydrogen-bond acceptors (Lipinski definition) is 5. The minimum atomic E-state index is -0.437. The predicted molar refractivity (Wildman–Crippen MR) is 97.3 cm³/mol. The number of esters is 1. The average Bonchev–Trinajstić information content (AvgIpc) is 2.97. The molecule has 0 unspecified atom stereocenters. The Morgan fingerprint density at radius 3 is 2.65 bits per heavy atom. The molecule has 1 heterocycles. The molecule has 0 aliphatic carbocycles. The van der Waals surface area contributed by atoms with Crippen molar-refractivity contribution in [1.82, 2.24) is 5.16 Å². The van der Waals surface area contributed by atoms with Gasteiger partial charge in [-0.2, -0.15) is 0 Å². The first kappa shape index (κ1) is 18.0. The summed E-state index contributed by atoms with van der Waals surface area (Å²) in [6.07, 6.45) is 0. The van der Waals surface area contributed by atoms with Gasteiger partial charge in [0.05, 0.1) is 16.8 Å². The standard InChI is InChI=1S/C20H18ClNO4/c1-13-18(14(2)26-22-13)12-24-17-8-5-7-15(10-17)20(23)25-11-16-6-3-4-9-19(16)21/h3-10H,11-12H2,1-2H3. The van der Waals surface area contributed by atoms with Crippen molar-refractivity contribution in [2.75, 3.05) is 0 Å². The molecule has 0 bridgehead atoms. The van der Waals surface area contributed by atoms with E-state index in [1.165, 1.54) is 0 Å². The molecule has 0 amide bonds. The molecule has 0 atom stereocenters. The highest BCUT2D eigenvalue weighted by Crippen LogP contribution is 2.20. The second kappa shape index (κ2) is 8.06. The van der Waals surface area contributed by atoms with Crippen molar-refractivity contribution in [3.8, 4) is 5.75 Å². The van der Waals surface area contributed by atoms with Crippen molar-refractivity contribution in [2.45, 2.75) is 27.1 Å². The lowest BCUT2D eigenvalue weighted by atomic mass is 10.2. The molecule has 0 saturated carbocycles. The fourth-order valence-corrected chi connectivity index (χ4v) is 2.61. The number of benzene rings is 2. The van der Waals surface area contributed by atoms with Gasteiger partial charge in [0, 0.05) is 10.6 Å². The molecule has 26 heavy (non-hydrogen) atoms. The van der Waals surface area contributed by atoms with Crippen LogP contribution in [0.2, 0.25) is 5.02 Å². The maximum atomic E-state index is 12.3. The van der Waals surface area contributed by atoms with E-state index in [9.17, 15) is 4.79 Å². The molecule has 6 heteroatoms. The summed E-state index contributed by atoms with van der Waals surface area (Å²) in [5, 5.41) is 4.46. The summed E-state index contributed by atoms with van der Waals surface area (Å²) >= 11 is 6.07. The van der Waals surface area contributed by atoms with E-state index in [1.807, 2.05) is 32.0 Å². The van der Waals surface area contributed by atoms with Gasteiger partial charge in [0.1, 0.15) is 24.7 Å². The van der Waals surface area contributed by atoms with E-state index in [0.29, 0.717) is 22.9 Å². The lowest BCUT2D eigenvalue weighted by molar-refractivity contribution is 0.0472. The number of nitrogens with zero attached hydrogens (tertiary/aromatic N) is 1. The number of rotatable bonds is 6. The van der Waals surface area contributed by atoms with Crippen LogP contribution in [0.25, 0.3) is 0 Å². The second-order valence-electron chi connectivity index (χ2n) is 5.79. The van der Waals surface area contributed by atoms with Crippen LogP contribution in [0.15, 0.2) is 53.1 Å². The highest BCUT2D eigenvalue weighted by Gasteiger charge is 2.12. The van der Waals surface area contributed by atoms with Crippen molar-refractivity contribution < 1.29 is 18.8 Å². The quantitative estimate of drug-likeness (QED) is 0.578. The minimum Gasteiger partial charge on any atom is -0.489 e. The zero-order chi connectivity index (χ0) is 18.5. The van der Waals surface area contributed by atoms with Crippen LogP contribution in [-0.2, 0) is 18.0 Å². The van der Waals surface area contributed by atoms with Crippen molar-refractivity contribution >= 4 is 17.6 Å². The molecule has 3 rings (SSSR count). The highest BCUT2D eigenvalue weighted by atomic mass is 35.5. The van der Waals surface area contributed by atoms with Crippen molar-refractivity contribution in [1.29, 1.82) is 0 Å². The molecular formula is C20H18ClNO4. The van der Waals surface area contributed by atoms with Crippen molar-refractivity contribution in [3.63, 3.8) is 0 Å². The number of halogens is 1. The summed E-state index contributed by atoms with van der Waals surface area (Å²) in [4.78, 5) is 12.3. The van der Waals surface area contributed by atoms with Crippen LogP contribution in [0.4, 0.5) is 0 Å². The molecular weight excluding hydrogens is 354 g/mol. The molecule has 0 radical (unpaired) electrons. The Labute approximate surface area is 156 Å². The van der Waals surface area contributed by atoms with Crippen LogP contribution in [0, 0.1) is 13.8 Å². The van der Waals surface area contributed by atoms with Crippen LogP contribution < -0.4 is 4.74 Å². The van der Waals surface area contributed by atoms with E-state index < -0.39 is 5.97 Å². The van der Waals surface area contributed by atoms with Gasteiger partial charge in [0.15, 0.2) is 0 Å². The maximum absolute atomic E-state index is 12.3. The van der Waals surface area contributed by atoms with Crippen molar-refractivity contribution in [3.05, 3.63) is 81.7 Å². The van der Waals surface area contributed by atoms with E-state index >= 15 is 0 Å². The topological polar surface area (TPSA) is 61.6 Å². The van der Waals surface area contributed by atoms with Gasteiger partial charge in [0.2, 0.25) is 0 Å². The third kappa shape index (κ3) is 4.24. The molecule has 5 nitrogen and oxygen atoms in total. The summed E-state index contributed by atoms with van der Waals surface area (Å²) in [6, 6.07) is 14.1. The smallest absolute Gasteiger partial charge is 0.338 e. The number of ether oxygens (including phenoxy) is 2. The molecule has 0 spiro atoms. The summed E-state index contributed by atoms with van der Waals surface area (Å²) in [5.74, 6) is 0.850. The van der Waals surface area contributed by atoms with Gasteiger partial charge in [-0.25, -0.2) is 4.79 Å². The molecule has 1 aromatic heterocycles. The van der Waals surface area contributed by atoms with Gasteiger partial charge in [0.25, 0.3) is 0 Å². The lowest BCUT2D eigenvalue weighted by Crippen LogP contribution is -2.06.